The summed E-state index contributed by atoms with van der Waals surface area (Å²) in [6.07, 6.45) is -2.47. The molecule has 42 heavy (non-hydrogen) atoms. The molecule has 1 saturated heterocycles. The maximum atomic E-state index is 12.5. The first-order valence-electron chi connectivity index (χ1n) is 13.5. The zero-order valence-corrected chi connectivity index (χ0v) is 24.3. The van der Waals surface area contributed by atoms with Gasteiger partial charge in [-0.1, -0.05) is 102 Å². The third kappa shape index (κ3) is 7.83. The van der Waals surface area contributed by atoms with Crippen LogP contribution in [0, 0.1) is 0 Å². The lowest BCUT2D eigenvalue weighted by atomic mass is 9.97. The Bertz CT molecular complexity index is 1510. The predicted octanol–water partition coefficient (Wildman–Crippen LogP) is 7.29. The molecule has 0 bridgehead atoms. The van der Waals surface area contributed by atoms with Crippen LogP contribution in [0.2, 0.25) is 0 Å². The molecule has 0 aliphatic carbocycles. The van der Waals surface area contributed by atoms with E-state index in [0.29, 0.717) is 6.61 Å². The first-order valence-corrected chi connectivity index (χ1v) is 14.9. The lowest BCUT2D eigenvalue weighted by molar-refractivity contribution is -0.209. The molecular weight excluding hydrogens is 574 g/mol. The Balaban J connectivity index is 1.41. The Morgan fingerprint density at radius 1 is 0.881 bits per heavy atom. The summed E-state index contributed by atoms with van der Waals surface area (Å²) in [5.41, 5.74) is 10.8. The van der Waals surface area contributed by atoms with Crippen molar-refractivity contribution < 1.29 is 23.7 Å². The van der Waals surface area contributed by atoms with E-state index in [-0.39, 0.29) is 19.1 Å². The Morgan fingerprint density at radius 2 is 1.60 bits per heavy atom. The van der Waals surface area contributed by atoms with Gasteiger partial charge in [0.25, 0.3) is 0 Å². The smallest absolute Gasteiger partial charge is 0.321 e. The minimum absolute atomic E-state index is 0.104. The average Bonchev–Trinajstić information content (AvgIpc) is 3.03. The number of alkyl halides is 1. The van der Waals surface area contributed by atoms with Crippen molar-refractivity contribution >= 4 is 40.1 Å². The van der Waals surface area contributed by atoms with Gasteiger partial charge in [0.05, 0.1) is 19.8 Å². The van der Waals surface area contributed by atoms with Gasteiger partial charge < -0.3 is 18.9 Å². The van der Waals surface area contributed by atoms with Gasteiger partial charge in [-0.3, -0.25) is 4.79 Å². The Labute approximate surface area is 253 Å². The fourth-order valence-electron chi connectivity index (χ4n) is 4.84. The quantitative estimate of drug-likeness (QED) is 0.0554. The van der Waals surface area contributed by atoms with E-state index in [2.05, 4.69) is 34.3 Å². The molecule has 8 nitrogen and oxygen atoms in total. The van der Waals surface area contributed by atoms with Gasteiger partial charge in [-0.2, -0.15) is 0 Å². The molecule has 0 radical (unpaired) electrons. The summed E-state index contributed by atoms with van der Waals surface area (Å²) in [6.45, 7) is 0.644. The van der Waals surface area contributed by atoms with E-state index >= 15 is 0 Å². The highest BCUT2D eigenvalue weighted by atomic mass is 35.5. The number of hydrogen-bond donors (Lipinski definition) is 0. The van der Waals surface area contributed by atoms with Crippen molar-refractivity contribution in [1.82, 2.24) is 0 Å². The Hall–Kier alpha value is -3.56. The molecule has 0 unspecified atom stereocenters. The maximum absolute atomic E-state index is 12.5. The molecular formula is C32H30ClN3O5S. The van der Waals surface area contributed by atoms with Gasteiger partial charge in [0.15, 0.2) is 6.10 Å². The molecule has 1 aliphatic rings. The summed E-state index contributed by atoms with van der Waals surface area (Å²) in [7, 11) is 0. The molecule has 0 aromatic heterocycles. The molecule has 0 saturated carbocycles. The van der Waals surface area contributed by atoms with E-state index in [1.165, 1.54) is 11.8 Å². The molecule has 5 rings (SSSR count). The zero-order valence-electron chi connectivity index (χ0n) is 22.7. The van der Waals surface area contributed by atoms with E-state index in [0.717, 1.165) is 26.8 Å². The summed E-state index contributed by atoms with van der Waals surface area (Å²) in [4.78, 5) is 16.5. The molecule has 0 N–H and O–H groups in total. The van der Waals surface area contributed by atoms with E-state index in [1.54, 1.807) is 0 Å². The van der Waals surface area contributed by atoms with Crippen LogP contribution in [0.4, 0.5) is 0 Å². The lowest BCUT2D eigenvalue weighted by Crippen LogP contribution is -2.59. The lowest BCUT2D eigenvalue weighted by Gasteiger charge is -2.44. The molecule has 10 heteroatoms. The zero-order chi connectivity index (χ0) is 29.1. The minimum Gasteiger partial charge on any atom is -0.456 e. The summed E-state index contributed by atoms with van der Waals surface area (Å²) >= 11 is 7.24. The van der Waals surface area contributed by atoms with Gasteiger partial charge in [-0.05, 0) is 45.6 Å². The number of nitrogens with zero attached hydrogens (tertiary/aromatic N) is 3. The van der Waals surface area contributed by atoms with E-state index < -0.39 is 35.8 Å². The van der Waals surface area contributed by atoms with Crippen molar-refractivity contribution in [2.45, 2.75) is 47.9 Å². The number of halogens is 1. The van der Waals surface area contributed by atoms with Crippen molar-refractivity contribution in [3.05, 3.63) is 125 Å². The van der Waals surface area contributed by atoms with Gasteiger partial charge in [0, 0.05) is 9.81 Å². The number of hydrogen-bond acceptors (Lipinski definition) is 7. The van der Waals surface area contributed by atoms with Gasteiger partial charge in [0.1, 0.15) is 29.6 Å². The standard InChI is InChI=1S/C32H30ClN3O5S/c33-18-28(37)41-30-27(21-38-19-23-15-16-24-11-7-8-12-25(24)17-23)40-32(42-26-13-5-2-6-14-26)29(35-36-34)31(30)39-20-22-9-3-1-4-10-22/h1-17,27,29-32H,18-21H2/t27-,29-,30-,31-,32-/m1/s1. The first-order chi connectivity index (χ1) is 20.6. The summed E-state index contributed by atoms with van der Waals surface area (Å²) in [6, 6.07) is 32.7. The van der Waals surface area contributed by atoms with Crippen LogP contribution in [-0.4, -0.2) is 48.2 Å². The van der Waals surface area contributed by atoms with Crippen molar-refractivity contribution in [1.29, 1.82) is 0 Å². The summed E-state index contributed by atoms with van der Waals surface area (Å²) < 4.78 is 24.8. The molecule has 1 fully saturated rings. The second kappa shape index (κ2) is 15.1. The molecule has 0 spiro atoms. The number of carbonyl (C=O) groups excluding carboxylic acids is 1. The van der Waals surface area contributed by atoms with Crippen LogP contribution >= 0.6 is 23.4 Å². The van der Waals surface area contributed by atoms with Crippen molar-refractivity contribution in [2.24, 2.45) is 5.11 Å². The van der Waals surface area contributed by atoms with Crippen LogP contribution in [0.5, 0.6) is 0 Å². The molecule has 1 aliphatic heterocycles. The number of fused-ring (bicyclic) bond motifs is 1. The van der Waals surface area contributed by atoms with Gasteiger partial charge in [-0.15, -0.1) is 11.6 Å². The number of benzene rings is 4. The second-order valence-corrected chi connectivity index (χ2v) is 11.2. The molecule has 0 amide bonds. The van der Waals surface area contributed by atoms with Crippen LogP contribution in [-0.2, 0) is 37.0 Å². The van der Waals surface area contributed by atoms with E-state index in [4.69, 9.17) is 30.5 Å². The number of thioether (sulfide) groups is 1. The number of carbonyl (C=O) groups is 1. The number of ether oxygens (including phenoxy) is 4. The van der Waals surface area contributed by atoms with Gasteiger partial charge in [-0.25, -0.2) is 0 Å². The largest absolute Gasteiger partial charge is 0.456 e. The highest BCUT2D eigenvalue weighted by Crippen LogP contribution is 2.38. The van der Waals surface area contributed by atoms with Crippen LogP contribution in [0.25, 0.3) is 21.2 Å². The Kier molecular flexibility index (Phi) is 10.7. The third-order valence-electron chi connectivity index (χ3n) is 6.82. The summed E-state index contributed by atoms with van der Waals surface area (Å²) in [5.74, 6) is -0.979. The fraction of sp³-hybridized carbons (Fsp3) is 0.281. The summed E-state index contributed by atoms with van der Waals surface area (Å²) in [5, 5.41) is 6.34. The van der Waals surface area contributed by atoms with Crippen molar-refractivity contribution in [3.8, 4) is 0 Å². The first kappa shape index (κ1) is 29.9. The molecule has 216 valence electrons. The SMILES string of the molecule is [N-]=[N+]=N[C@@H]1[C@@H](OCc2ccccc2)[C@H](OC(=O)CCl)[C@@H](COCc2ccc3ccccc3c2)O[C@@H]1Sc1ccccc1. The third-order valence-corrected chi connectivity index (χ3v) is 8.21. The molecule has 4 aromatic carbocycles. The highest BCUT2D eigenvalue weighted by Gasteiger charge is 2.49. The predicted molar refractivity (Wildman–Crippen MR) is 163 cm³/mol. The Morgan fingerprint density at radius 3 is 2.33 bits per heavy atom. The number of azide groups is 1. The van der Waals surface area contributed by atoms with Crippen LogP contribution < -0.4 is 0 Å². The van der Waals surface area contributed by atoms with Crippen LogP contribution in [0.15, 0.2) is 113 Å². The average molecular weight is 604 g/mol. The van der Waals surface area contributed by atoms with Gasteiger partial charge >= 0.3 is 5.97 Å². The van der Waals surface area contributed by atoms with E-state index in [1.807, 2.05) is 78.9 Å². The second-order valence-electron chi connectivity index (χ2n) is 9.72. The fourth-order valence-corrected chi connectivity index (χ4v) is 6.04. The number of rotatable bonds is 12. The maximum Gasteiger partial charge on any atom is 0.321 e. The number of esters is 1. The van der Waals surface area contributed by atoms with Crippen molar-refractivity contribution in [3.63, 3.8) is 0 Å². The normalized spacial score (nSPS) is 21.9. The molecule has 5 atom stereocenters. The van der Waals surface area contributed by atoms with Crippen molar-refractivity contribution in [2.75, 3.05) is 12.5 Å². The molecule has 4 aromatic rings. The van der Waals surface area contributed by atoms with Crippen LogP contribution in [0.3, 0.4) is 0 Å². The topological polar surface area (TPSA) is 103 Å². The molecule has 1 heterocycles. The minimum atomic E-state index is -0.931. The highest BCUT2D eigenvalue weighted by molar-refractivity contribution is 7.99. The van der Waals surface area contributed by atoms with E-state index in [9.17, 15) is 10.3 Å². The van der Waals surface area contributed by atoms with Gasteiger partial charge in [0.2, 0.25) is 0 Å². The monoisotopic (exact) mass is 603 g/mol. The van der Waals surface area contributed by atoms with Crippen LogP contribution in [0.1, 0.15) is 11.1 Å².